The number of hydrogen-bond donors (Lipinski definition) is 0. The number of halogens is 5. The Morgan fingerprint density at radius 2 is 1.66 bits per heavy atom. The Bertz CT molecular complexity index is 1590. The zero-order valence-corrected chi connectivity index (χ0v) is 23.1. The minimum absolute atomic E-state index is 0.0315. The first-order valence-corrected chi connectivity index (χ1v) is 14.0. The number of nitrogens with zero attached hydrogens (tertiary/aromatic N) is 2. The van der Waals surface area contributed by atoms with Crippen molar-refractivity contribution in [2.75, 3.05) is 6.26 Å². The first kappa shape index (κ1) is 28.1. The smallest absolute Gasteiger partial charge is 0.374 e. The van der Waals surface area contributed by atoms with E-state index in [-0.39, 0.29) is 26.9 Å². The van der Waals surface area contributed by atoms with E-state index >= 15 is 0 Å². The first-order valence-electron chi connectivity index (χ1n) is 11.4. The molecule has 1 amide bonds. The standard InChI is InChI=1S/C27H23Cl2F3N2O3S/c1-15-5-8-24(17(3)9-15)38(4,36)34-25(35)22-7-6-18(10-16(22)2)23-14-26(37-33-23,27(30,31)32)19-11-20(28)13-21(29)12-19/h5-13H,14H2,1-4H3. The van der Waals surface area contributed by atoms with Gasteiger partial charge in [-0.3, -0.25) is 4.79 Å². The molecule has 0 aliphatic carbocycles. The summed E-state index contributed by atoms with van der Waals surface area (Å²) in [5.41, 5.74) is -0.305. The maximum absolute atomic E-state index is 14.3. The SMILES string of the molecule is Cc1ccc(S(C)(=O)=NC(=O)c2ccc(C3=NOC(c4cc(Cl)cc(Cl)c4)(C(F)(F)F)C3)cc2C)c(C)c1. The molecule has 11 heteroatoms. The lowest BCUT2D eigenvalue weighted by Crippen LogP contribution is -2.42. The summed E-state index contributed by atoms with van der Waals surface area (Å²) in [7, 11) is -3.03. The molecule has 5 nitrogen and oxygen atoms in total. The summed E-state index contributed by atoms with van der Waals surface area (Å²) in [6.07, 6.45) is -4.05. The molecule has 0 spiro atoms. The highest BCUT2D eigenvalue weighted by molar-refractivity contribution is 7.93. The molecule has 1 aliphatic rings. The van der Waals surface area contributed by atoms with E-state index in [9.17, 15) is 22.2 Å². The minimum atomic E-state index is -4.83. The van der Waals surface area contributed by atoms with E-state index in [0.29, 0.717) is 16.0 Å². The molecule has 1 aliphatic heterocycles. The van der Waals surface area contributed by atoms with Gasteiger partial charge in [-0.25, -0.2) is 4.21 Å². The molecule has 0 radical (unpaired) electrons. The van der Waals surface area contributed by atoms with Crippen LogP contribution in [0.1, 0.15) is 44.6 Å². The van der Waals surface area contributed by atoms with E-state index in [0.717, 1.165) is 23.3 Å². The molecule has 0 N–H and O–H groups in total. The third-order valence-corrected chi connectivity index (χ3v) is 8.53. The Hall–Kier alpha value is -2.88. The van der Waals surface area contributed by atoms with Crippen LogP contribution in [0.4, 0.5) is 13.2 Å². The van der Waals surface area contributed by atoms with E-state index in [1.807, 2.05) is 13.0 Å². The molecule has 0 saturated heterocycles. The number of carbonyl (C=O) groups excluding carboxylic acids is 1. The summed E-state index contributed by atoms with van der Waals surface area (Å²) in [6.45, 7) is 5.32. The molecule has 4 rings (SSSR count). The lowest BCUT2D eigenvalue weighted by molar-refractivity contribution is -0.275. The van der Waals surface area contributed by atoms with Crippen molar-refractivity contribution in [2.45, 2.75) is 43.9 Å². The van der Waals surface area contributed by atoms with Crippen molar-refractivity contribution in [3.05, 3.63) is 98.0 Å². The third-order valence-electron chi connectivity index (χ3n) is 6.30. The van der Waals surface area contributed by atoms with Gasteiger partial charge in [-0.05, 0) is 73.9 Å². The molecule has 2 atom stereocenters. The third kappa shape index (κ3) is 5.32. The fraction of sp³-hybridized carbons (Fsp3) is 0.259. The van der Waals surface area contributed by atoms with Gasteiger partial charge >= 0.3 is 6.18 Å². The van der Waals surface area contributed by atoms with Crippen LogP contribution in [0, 0.1) is 20.8 Å². The van der Waals surface area contributed by atoms with Crippen molar-refractivity contribution in [1.29, 1.82) is 0 Å². The fourth-order valence-corrected chi connectivity index (χ4v) is 6.43. The molecule has 0 aromatic heterocycles. The second-order valence-corrected chi connectivity index (χ2v) is 12.4. The number of aryl methyl sites for hydroxylation is 3. The predicted molar refractivity (Wildman–Crippen MR) is 143 cm³/mol. The lowest BCUT2D eigenvalue weighted by Gasteiger charge is -2.29. The quantitative estimate of drug-likeness (QED) is 0.315. The van der Waals surface area contributed by atoms with Crippen LogP contribution in [-0.2, 0) is 20.2 Å². The summed E-state index contributed by atoms with van der Waals surface area (Å²) >= 11 is 11.9. The summed E-state index contributed by atoms with van der Waals surface area (Å²) in [6, 6.07) is 13.4. The molecule has 1 heterocycles. The molecule has 0 fully saturated rings. The second-order valence-electron chi connectivity index (χ2n) is 9.29. The van der Waals surface area contributed by atoms with Gasteiger partial charge in [0.2, 0.25) is 0 Å². The highest BCUT2D eigenvalue weighted by Crippen LogP contribution is 2.49. The maximum atomic E-state index is 14.3. The summed E-state index contributed by atoms with van der Waals surface area (Å²) < 4.78 is 60.1. The molecule has 0 bridgehead atoms. The second kappa shape index (κ2) is 10.0. The topological polar surface area (TPSA) is 68.1 Å². The van der Waals surface area contributed by atoms with Crippen LogP contribution in [0.25, 0.3) is 0 Å². The molecule has 200 valence electrons. The summed E-state index contributed by atoms with van der Waals surface area (Å²) in [5.74, 6) is -0.690. The van der Waals surface area contributed by atoms with Crippen LogP contribution in [0.2, 0.25) is 10.0 Å². The highest BCUT2D eigenvalue weighted by atomic mass is 35.5. The van der Waals surface area contributed by atoms with Gasteiger partial charge in [-0.2, -0.15) is 17.5 Å². The molecule has 0 saturated carbocycles. The Balaban J connectivity index is 1.65. The monoisotopic (exact) mass is 582 g/mol. The number of hydrogen-bond acceptors (Lipinski definition) is 4. The van der Waals surface area contributed by atoms with Crippen LogP contribution < -0.4 is 0 Å². The van der Waals surface area contributed by atoms with Crippen molar-refractivity contribution < 1.29 is 27.0 Å². The van der Waals surface area contributed by atoms with Crippen molar-refractivity contribution in [2.24, 2.45) is 9.52 Å². The molecular weight excluding hydrogens is 560 g/mol. The summed E-state index contributed by atoms with van der Waals surface area (Å²) in [4.78, 5) is 18.5. The van der Waals surface area contributed by atoms with Crippen LogP contribution >= 0.6 is 23.2 Å². The minimum Gasteiger partial charge on any atom is -0.374 e. The fourth-order valence-electron chi connectivity index (χ4n) is 4.41. The zero-order valence-electron chi connectivity index (χ0n) is 20.8. The normalized spacial score (nSPS) is 18.9. The predicted octanol–water partition coefficient (Wildman–Crippen LogP) is 7.80. The van der Waals surface area contributed by atoms with Gasteiger partial charge in [-0.1, -0.05) is 52.1 Å². The summed E-state index contributed by atoms with van der Waals surface area (Å²) in [5, 5.41) is 3.81. The molecule has 38 heavy (non-hydrogen) atoms. The van der Waals surface area contributed by atoms with Crippen molar-refractivity contribution in [1.82, 2.24) is 0 Å². The molecule has 3 aromatic carbocycles. The van der Waals surface area contributed by atoms with E-state index in [1.54, 1.807) is 26.0 Å². The Morgan fingerprint density at radius 3 is 2.24 bits per heavy atom. The Labute approximate surface area is 228 Å². The molecule has 3 aromatic rings. The van der Waals surface area contributed by atoms with Gasteiger partial charge < -0.3 is 4.84 Å². The van der Waals surface area contributed by atoms with Gasteiger partial charge in [0.25, 0.3) is 11.5 Å². The van der Waals surface area contributed by atoms with Gasteiger partial charge in [0.15, 0.2) is 0 Å². The number of oxime groups is 1. The van der Waals surface area contributed by atoms with Crippen LogP contribution in [0.15, 0.2) is 69.0 Å². The van der Waals surface area contributed by atoms with Crippen LogP contribution in [0.5, 0.6) is 0 Å². The van der Waals surface area contributed by atoms with Crippen LogP contribution in [-0.4, -0.2) is 28.3 Å². The van der Waals surface area contributed by atoms with Gasteiger partial charge in [0.05, 0.1) is 20.3 Å². The molecule has 2 unspecified atom stereocenters. The average molecular weight is 583 g/mol. The maximum Gasteiger partial charge on any atom is 0.435 e. The number of rotatable bonds is 4. The number of benzene rings is 3. The van der Waals surface area contributed by atoms with Gasteiger partial charge in [0, 0.05) is 33.8 Å². The van der Waals surface area contributed by atoms with Crippen LogP contribution in [0.3, 0.4) is 0 Å². The molecular formula is C27H23Cl2F3N2O3S. The number of carbonyl (C=O) groups is 1. The largest absolute Gasteiger partial charge is 0.435 e. The van der Waals surface area contributed by atoms with Crippen molar-refractivity contribution in [3.63, 3.8) is 0 Å². The number of alkyl halides is 3. The first-order chi connectivity index (χ1) is 17.6. The highest BCUT2D eigenvalue weighted by Gasteiger charge is 2.62. The van der Waals surface area contributed by atoms with E-state index in [2.05, 4.69) is 9.52 Å². The van der Waals surface area contributed by atoms with Crippen molar-refractivity contribution >= 4 is 44.5 Å². The van der Waals surface area contributed by atoms with E-state index < -0.39 is 33.8 Å². The number of amides is 1. The average Bonchev–Trinajstić information content (AvgIpc) is 3.25. The van der Waals surface area contributed by atoms with E-state index in [4.69, 9.17) is 28.0 Å². The Kier molecular flexibility index (Phi) is 7.42. The Morgan fingerprint density at radius 1 is 1.00 bits per heavy atom. The lowest BCUT2D eigenvalue weighted by atomic mass is 9.86. The van der Waals surface area contributed by atoms with Gasteiger partial charge in [-0.15, -0.1) is 0 Å². The van der Waals surface area contributed by atoms with Gasteiger partial charge in [0.1, 0.15) is 0 Å². The zero-order chi connectivity index (χ0) is 28.0. The van der Waals surface area contributed by atoms with Crippen molar-refractivity contribution in [3.8, 4) is 0 Å². The van der Waals surface area contributed by atoms with E-state index in [1.165, 1.54) is 30.5 Å².